The van der Waals surface area contributed by atoms with Crippen molar-refractivity contribution in [1.82, 2.24) is 9.13 Å². The first-order valence-electron chi connectivity index (χ1n) is 7.68. The number of nitrogens with zero attached hydrogens (tertiary/aromatic N) is 2. The van der Waals surface area contributed by atoms with Crippen LogP contribution in [0.3, 0.4) is 0 Å². The Kier molecular flexibility index (Phi) is 4.38. The predicted molar refractivity (Wildman–Crippen MR) is 93.6 cm³/mol. The van der Waals surface area contributed by atoms with Crippen molar-refractivity contribution in [3.63, 3.8) is 0 Å². The second-order valence-electron chi connectivity index (χ2n) is 5.60. The molecule has 25 heavy (non-hydrogen) atoms. The van der Waals surface area contributed by atoms with Crippen LogP contribution in [0.4, 0.5) is 5.69 Å². The summed E-state index contributed by atoms with van der Waals surface area (Å²) < 4.78 is 8.14. The van der Waals surface area contributed by atoms with Crippen molar-refractivity contribution < 1.29 is 14.3 Å². The first kappa shape index (κ1) is 16.5. The van der Waals surface area contributed by atoms with Crippen molar-refractivity contribution in [3.05, 3.63) is 59.0 Å². The first-order chi connectivity index (χ1) is 12.0. The Hall–Kier alpha value is -3.35. The maximum absolute atomic E-state index is 12.3. The van der Waals surface area contributed by atoms with Crippen LogP contribution in [0.2, 0.25) is 0 Å². The topological polar surface area (TPSA) is 82.3 Å². The fourth-order valence-corrected chi connectivity index (χ4v) is 2.62. The lowest BCUT2D eigenvalue weighted by atomic mass is 10.3. The number of nitrogens with one attached hydrogen (secondary N) is 1. The highest BCUT2D eigenvalue weighted by molar-refractivity contribution is 5.88. The monoisotopic (exact) mass is 339 g/mol. The van der Waals surface area contributed by atoms with E-state index in [1.165, 1.54) is 16.1 Å². The fourth-order valence-electron chi connectivity index (χ4n) is 2.62. The summed E-state index contributed by atoms with van der Waals surface area (Å²) in [5, 5.41) is 2.63. The highest BCUT2D eigenvalue weighted by Gasteiger charge is 2.14. The van der Waals surface area contributed by atoms with Crippen LogP contribution in [0.25, 0.3) is 11.0 Å². The SMILES string of the molecule is CC(=O)Nc1ccc(OC(=O)Cn2c(=O)n(C)c3ccccc32)cc1. The van der Waals surface area contributed by atoms with Gasteiger partial charge in [-0.3, -0.25) is 13.9 Å². The Morgan fingerprint density at radius 1 is 1.04 bits per heavy atom. The van der Waals surface area contributed by atoms with Gasteiger partial charge in [-0.15, -0.1) is 0 Å². The number of esters is 1. The zero-order valence-electron chi connectivity index (χ0n) is 13.9. The molecule has 0 aliphatic carbocycles. The number of aromatic nitrogens is 2. The zero-order chi connectivity index (χ0) is 18.0. The summed E-state index contributed by atoms with van der Waals surface area (Å²) in [4.78, 5) is 35.5. The lowest BCUT2D eigenvalue weighted by molar-refractivity contribution is -0.135. The Morgan fingerprint density at radius 3 is 2.32 bits per heavy atom. The van der Waals surface area contributed by atoms with E-state index in [4.69, 9.17) is 4.74 Å². The van der Waals surface area contributed by atoms with Crippen LogP contribution in [0, 0.1) is 0 Å². The van der Waals surface area contributed by atoms with Crippen molar-refractivity contribution in [2.24, 2.45) is 7.05 Å². The van der Waals surface area contributed by atoms with Gasteiger partial charge in [0.25, 0.3) is 0 Å². The number of imidazole rings is 1. The molecule has 1 amide bonds. The molecule has 0 spiro atoms. The summed E-state index contributed by atoms with van der Waals surface area (Å²) >= 11 is 0. The number of aryl methyl sites for hydroxylation is 1. The van der Waals surface area contributed by atoms with Crippen LogP contribution in [0.1, 0.15) is 6.92 Å². The molecular weight excluding hydrogens is 322 g/mol. The molecule has 1 N–H and O–H groups in total. The minimum Gasteiger partial charge on any atom is -0.425 e. The molecule has 2 aromatic carbocycles. The smallest absolute Gasteiger partial charge is 0.331 e. The third kappa shape index (κ3) is 3.45. The van der Waals surface area contributed by atoms with Crippen LogP contribution in [0.5, 0.6) is 5.75 Å². The standard InChI is InChI=1S/C18H17N3O4/c1-12(22)19-13-7-9-14(10-8-13)25-17(23)11-21-16-6-4-3-5-15(16)20(2)18(21)24/h3-10H,11H2,1-2H3,(H,19,22). The molecule has 0 unspecified atom stereocenters. The van der Waals surface area contributed by atoms with Crippen molar-refractivity contribution >= 4 is 28.6 Å². The van der Waals surface area contributed by atoms with Gasteiger partial charge < -0.3 is 10.1 Å². The van der Waals surface area contributed by atoms with E-state index >= 15 is 0 Å². The summed E-state index contributed by atoms with van der Waals surface area (Å²) in [5.74, 6) is -0.391. The second-order valence-corrected chi connectivity index (χ2v) is 5.60. The van der Waals surface area contributed by atoms with Gasteiger partial charge in [0.15, 0.2) is 0 Å². The molecule has 1 aromatic heterocycles. The predicted octanol–water partition coefficient (Wildman–Crippen LogP) is 1.90. The van der Waals surface area contributed by atoms with E-state index in [1.807, 2.05) is 18.2 Å². The van der Waals surface area contributed by atoms with E-state index in [0.717, 1.165) is 5.52 Å². The van der Waals surface area contributed by atoms with Crippen molar-refractivity contribution in [2.45, 2.75) is 13.5 Å². The zero-order valence-corrected chi connectivity index (χ0v) is 13.9. The fraction of sp³-hybridized carbons (Fsp3) is 0.167. The Bertz CT molecular complexity index is 999. The molecule has 0 atom stereocenters. The summed E-state index contributed by atoms with van der Waals surface area (Å²) in [6.45, 7) is 1.23. The molecule has 0 bridgehead atoms. The van der Waals surface area contributed by atoms with Crippen LogP contribution in [-0.2, 0) is 23.2 Å². The molecule has 0 fully saturated rings. The number of benzene rings is 2. The van der Waals surface area contributed by atoms with Crippen molar-refractivity contribution in [3.8, 4) is 5.75 Å². The van der Waals surface area contributed by atoms with Gasteiger partial charge >= 0.3 is 11.7 Å². The van der Waals surface area contributed by atoms with E-state index < -0.39 is 5.97 Å². The number of fused-ring (bicyclic) bond motifs is 1. The number of para-hydroxylation sites is 2. The Labute approximate surface area is 143 Å². The minimum atomic E-state index is -0.550. The maximum Gasteiger partial charge on any atom is 0.331 e. The molecule has 0 radical (unpaired) electrons. The average molecular weight is 339 g/mol. The number of amides is 1. The quantitative estimate of drug-likeness (QED) is 0.581. The van der Waals surface area contributed by atoms with Crippen LogP contribution in [0.15, 0.2) is 53.3 Å². The highest BCUT2D eigenvalue weighted by atomic mass is 16.5. The van der Waals surface area contributed by atoms with Crippen LogP contribution < -0.4 is 15.7 Å². The molecule has 3 rings (SSSR count). The number of anilines is 1. The van der Waals surface area contributed by atoms with Gasteiger partial charge in [0.2, 0.25) is 5.91 Å². The molecule has 0 saturated carbocycles. The average Bonchev–Trinajstić information content (AvgIpc) is 2.82. The molecule has 7 heteroatoms. The van der Waals surface area contributed by atoms with E-state index in [-0.39, 0.29) is 18.1 Å². The third-order valence-electron chi connectivity index (χ3n) is 3.75. The molecule has 0 aliphatic heterocycles. The molecular formula is C18H17N3O4. The van der Waals surface area contributed by atoms with E-state index in [0.29, 0.717) is 17.0 Å². The van der Waals surface area contributed by atoms with Crippen molar-refractivity contribution in [2.75, 3.05) is 5.32 Å². The van der Waals surface area contributed by atoms with E-state index in [2.05, 4.69) is 5.32 Å². The molecule has 0 saturated heterocycles. The molecule has 3 aromatic rings. The molecule has 1 heterocycles. The number of rotatable bonds is 4. The van der Waals surface area contributed by atoms with Gasteiger partial charge in [-0.1, -0.05) is 12.1 Å². The number of hydrogen-bond donors (Lipinski definition) is 1. The lowest BCUT2D eigenvalue weighted by Crippen LogP contribution is -2.27. The Balaban J connectivity index is 1.76. The molecule has 7 nitrogen and oxygen atoms in total. The third-order valence-corrected chi connectivity index (χ3v) is 3.75. The second kappa shape index (κ2) is 6.64. The van der Waals surface area contributed by atoms with Gasteiger partial charge in [0, 0.05) is 19.7 Å². The normalized spacial score (nSPS) is 10.6. The number of carbonyl (C=O) groups is 2. The maximum atomic E-state index is 12.3. The largest absolute Gasteiger partial charge is 0.425 e. The van der Waals surface area contributed by atoms with E-state index in [1.54, 1.807) is 37.4 Å². The van der Waals surface area contributed by atoms with Crippen LogP contribution in [-0.4, -0.2) is 21.0 Å². The Morgan fingerprint density at radius 2 is 1.68 bits per heavy atom. The molecule has 0 aliphatic rings. The van der Waals surface area contributed by atoms with Gasteiger partial charge in [-0.05, 0) is 36.4 Å². The van der Waals surface area contributed by atoms with Gasteiger partial charge in [0.1, 0.15) is 12.3 Å². The molecule has 128 valence electrons. The lowest BCUT2D eigenvalue weighted by Gasteiger charge is -2.07. The van der Waals surface area contributed by atoms with Gasteiger partial charge in [-0.2, -0.15) is 0 Å². The summed E-state index contributed by atoms with van der Waals surface area (Å²) in [5.41, 5.74) is 1.75. The first-order valence-corrected chi connectivity index (χ1v) is 7.68. The van der Waals surface area contributed by atoms with Gasteiger partial charge in [0.05, 0.1) is 11.0 Å². The highest BCUT2D eigenvalue weighted by Crippen LogP contribution is 2.16. The number of carbonyl (C=O) groups excluding carboxylic acids is 2. The van der Waals surface area contributed by atoms with Crippen molar-refractivity contribution in [1.29, 1.82) is 0 Å². The minimum absolute atomic E-state index is 0.180. The van der Waals surface area contributed by atoms with E-state index in [9.17, 15) is 14.4 Å². The van der Waals surface area contributed by atoms with Crippen LogP contribution >= 0.6 is 0 Å². The number of hydrogen-bond acceptors (Lipinski definition) is 4. The van der Waals surface area contributed by atoms with Gasteiger partial charge in [-0.25, -0.2) is 9.59 Å². The summed E-state index contributed by atoms with van der Waals surface area (Å²) in [6.07, 6.45) is 0. The number of ether oxygens (including phenoxy) is 1. The summed E-state index contributed by atoms with van der Waals surface area (Å²) in [6, 6.07) is 13.7. The summed E-state index contributed by atoms with van der Waals surface area (Å²) in [7, 11) is 1.66.